The van der Waals surface area contributed by atoms with Crippen molar-refractivity contribution in [2.45, 2.75) is 66.6 Å². The fraction of sp³-hybridized carbons (Fsp3) is 0.545. The summed E-state index contributed by atoms with van der Waals surface area (Å²) >= 11 is 6.22. The number of Topliss-reactive ketones (excluding diaryl/α,β-unsaturated/α-hetero) is 1. The van der Waals surface area contributed by atoms with Gasteiger partial charge in [0.1, 0.15) is 23.5 Å². The molecule has 0 aromatic heterocycles. The summed E-state index contributed by atoms with van der Waals surface area (Å²) in [5, 5.41) is 9.52. The Hall–Kier alpha value is -3.24. The summed E-state index contributed by atoms with van der Waals surface area (Å²) in [6, 6.07) is 15.1. The van der Waals surface area contributed by atoms with Crippen LogP contribution in [0, 0.1) is 33.5 Å². The molecule has 1 aliphatic carbocycles. The van der Waals surface area contributed by atoms with Crippen LogP contribution in [0.2, 0.25) is 5.02 Å². The van der Waals surface area contributed by atoms with E-state index in [9.17, 15) is 9.59 Å². The minimum absolute atomic E-state index is 0.101. The lowest BCUT2D eigenvalue weighted by molar-refractivity contribution is -0.196. The Bertz CT molecular complexity index is 1370. The van der Waals surface area contributed by atoms with Gasteiger partial charge in [-0.1, -0.05) is 39.3 Å². The number of halogens is 1. The van der Waals surface area contributed by atoms with Crippen molar-refractivity contribution in [2.75, 3.05) is 31.1 Å². The molecule has 0 unspecified atom stereocenters. The van der Waals surface area contributed by atoms with Crippen LogP contribution in [0.1, 0.15) is 70.8 Å². The van der Waals surface area contributed by atoms with Crippen molar-refractivity contribution in [3.63, 3.8) is 0 Å². The van der Waals surface area contributed by atoms with Crippen LogP contribution in [0.5, 0.6) is 5.75 Å². The summed E-state index contributed by atoms with van der Waals surface area (Å²) in [7, 11) is 0. The second-order valence-electron chi connectivity index (χ2n) is 14.3. The molecule has 2 saturated heterocycles. The lowest BCUT2D eigenvalue weighted by atomic mass is 9.44. The smallest absolute Gasteiger partial charge is 0.410 e. The fourth-order valence-electron chi connectivity index (χ4n) is 7.34. The van der Waals surface area contributed by atoms with Crippen LogP contribution in [0.3, 0.4) is 0 Å². The van der Waals surface area contributed by atoms with Crippen molar-refractivity contribution in [1.29, 1.82) is 5.26 Å². The molecule has 3 fully saturated rings. The highest BCUT2D eigenvalue weighted by atomic mass is 35.5. The van der Waals surface area contributed by atoms with Gasteiger partial charge in [0.25, 0.3) is 0 Å². The van der Waals surface area contributed by atoms with Gasteiger partial charge in [-0.3, -0.25) is 4.79 Å². The highest BCUT2D eigenvalue weighted by molar-refractivity contribution is 6.31. The molecular weight excluding hydrogens is 538 g/mol. The lowest BCUT2D eigenvalue weighted by Crippen LogP contribution is -2.73. The number of benzene rings is 2. The number of hydrogen-bond donors (Lipinski definition) is 0. The second kappa shape index (κ2) is 9.94. The molecule has 1 spiro atoms. The van der Waals surface area contributed by atoms with Crippen molar-refractivity contribution in [3.05, 3.63) is 58.6 Å². The number of ketones is 1. The highest BCUT2D eigenvalue weighted by Gasteiger charge is 2.63. The van der Waals surface area contributed by atoms with Gasteiger partial charge in [0.2, 0.25) is 0 Å². The third-order valence-corrected chi connectivity index (χ3v) is 9.48. The molecule has 7 nitrogen and oxygen atoms in total. The van der Waals surface area contributed by atoms with Crippen molar-refractivity contribution in [3.8, 4) is 11.8 Å². The maximum atomic E-state index is 13.4. The minimum Gasteiger partial charge on any atom is -0.489 e. The Labute approximate surface area is 248 Å². The molecule has 3 aliphatic rings. The number of likely N-dealkylation sites (tertiary alicyclic amines) is 1. The Morgan fingerprint density at radius 2 is 1.61 bits per heavy atom. The van der Waals surface area contributed by atoms with Crippen molar-refractivity contribution >= 4 is 29.2 Å². The molecule has 41 heavy (non-hydrogen) atoms. The molecule has 2 aliphatic heterocycles. The third-order valence-electron chi connectivity index (χ3n) is 9.16. The number of ether oxygens (including phenoxy) is 2. The molecule has 0 N–H and O–H groups in total. The summed E-state index contributed by atoms with van der Waals surface area (Å²) in [4.78, 5) is 29.7. The average molecular weight is 578 g/mol. The van der Waals surface area contributed by atoms with Crippen LogP contribution < -0.4 is 9.64 Å². The van der Waals surface area contributed by atoms with Gasteiger partial charge in [0.05, 0.1) is 10.6 Å². The average Bonchev–Trinajstić information content (AvgIpc) is 2.83. The van der Waals surface area contributed by atoms with Crippen LogP contribution in [-0.2, 0) is 4.74 Å². The third kappa shape index (κ3) is 5.39. The van der Waals surface area contributed by atoms with Gasteiger partial charge in [-0.25, -0.2) is 4.79 Å². The molecule has 5 rings (SSSR count). The molecule has 1 amide bonds. The summed E-state index contributed by atoms with van der Waals surface area (Å²) in [6.45, 7) is 17.5. The van der Waals surface area contributed by atoms with E-state index in [2.05, 4.69) is 38.7 Å². The molecule has 0 atom stereocenters. The fourth-order valence-corrected chi connectivity index (χ4v) is 7.55. The summed E-state index contributed by atoms with van der Waals surface area (Å²) < 4.78 is 11.9. The van der Waals surface area contributed by atoms with E-state index >= 15 is 0 Å². The number of anilines is 1. The standard InChI is InChI=1S/C33H40ClN3O4/c1-30(2,3)41-29(39)37-19-33(20-37)17-36(18-33)23-11-8-21(9-12-23)26(38)15-27-31(4,5)28(32(27,6)7)40-24-13-10-22(16-35)25(34)14-24/h8-14,27-28H,15,17-20H2,1-7H3. The minimum atomic E-state index is -0.481. The van der Waals surface area contributed by atoms with Crippen molar-refractivity contribution in [1.82, 2.24) is 4.90 Å². The molecular formula is C33H40ClN3O4. The van der Waals surface area contributed by atoms with Gasteiger partial charge < -0.3 is 19.3 Å². The zero-order valence-corrected chi connectivity index (χ0v) is 25.8. The van der Waals surface area contributed by atoms with E-state index in [1.54, 1.807) is 23.1 Å². The SMILES string of the molecule is CC(C)(C)OC(=O)N1CC2(C1)CN(c1ccc(C(=O)CC3C(C)(C)C(Oc4ccc(C#N)c(Cl)c4)C3(C)C)cc1)C2. The number of carbonyl (C=O) groups excluding carboxylic acids is 2. The van der Waals surface area contributed by atoms with Gasteiger partial charge in [-0.2, -0.15) is 5.26 Å². The molecule has 0 bridgehead atoms. The Morgan fingerprint density at radius 1 is 1.00 bits per heavy atom. The molecule has 1 saturated carbocycles. The lowest BCUT2D eigenvalue weighted by Gasteiger charge is -2.63. The quantitative estimate of drug-likeness (QED) is 0.345. The van der Waals surface area contributed by atoms with Crippen LogP contribution >= 0.6 is 11.6 Å². The van der Waals surface area contributed by atoms with Gasteiger partial charge in [-0.15, -0.1) is 0 Å². The second-order valence-corrected chi connectivity index (χ2v) is 14.7. The van der Waals surface area contributed by atoms with E-state index in [1.165, 1.54) is 0 Å². The highest BCUT2D eigenvalue weighted by Crippen LogP contribution is 2.61. The molecule has 2 heterocycles. The van der Waals surface area contributed by atoms with Gasteiger partial charge >= 0.3 is 6.09 Å². The van der Waals surface area contributed by atoms with Gasteiger partial charge in [0.15, 0.2) is 5.78 Å². The topological polar surface area (TPSA) is 82.9 Å². The monoisotopic (exact) mass is 577 g/mol. The number of carbonyl (C=O) groups is 2. The molecule has 8 heteroatoms. The number of hydrogen-bond acceptors (Lipinski definition) is 6. The van der Waals surface area contributed by atoms with Crippen molar-refractivity contribution < 1.29 is 19.1 Å². The summed E-state index contributed by atoms with van der Waals surface area (Å²) in [5.74, 6) is 0.908. The predicted molar refractivity (Wildman–Crippen MR) is 159 cm³/mol. The van der Waals surface area contributed by atoms with E-state index in [-0.39, 0.29) is 40.1 Å². The summed E-state index contributed by atoms with van der Waals surface area (Å²) in [6.07, 6.45) is 0.107. The zero-order valence-electron chi connectivity index (χ0n) is 25.1. The Morgan fingerprint density at radius 3 is 2.15 bits per heavy atom. The van der Waals surface area contributed by atoms with Gasteiger partial charge in [0, 0.05) is 66.2 Å². The van der Waals surface area contributed by atoms with Crippen LogP contribution in [0.25, 0.3) is 0 Å². The first-order valence-electron chi connectivity index (χ1n) is 14.3. The Balaban J connectivity index is 1.15. The first-order valence-corrected chi connectivity index (χ1v) is 14.6. The largest absolute Gasteiger partial charge is 0.489 e. The van der Waals surface area contributed by atoms with Crippen molar-refractivity contribution in [2.24, 2.45) is 22.2 Å². The predicted octanol–water partition coefficient (Wildman–Crippen LogP) is 6.97. The van der Waals surface area contributed by atoms with Gasteiger partial charge in [-0.05, 0) is 63.1 Å². The van der Waals surface area contributed by atoms with Crippen LogP contribution in [-0.4, -0.2) is 54.7 Å². The normalized spacial score (nSPS) is 23.5. The maximum absolute atomic E-state index is 13.4. The van der Waals surface area contributed by atoms with E-state index in [0.29, 0.717) is 22.8 Å². The van der Waals surface area contributed by atoms with E-state index in [1.807, 2.05) is 45.0 Å². The molecule has 2 aromatic carbocycles. The molecule has 218 valence electrons. The number of nitrogens with zero attached hydrogens (tertiary/aromatic N) is 3. The van der Waals surface area contributed by atoms with Crippen LogP contribution in [0.15, 0.2) is 42.5 Å². The number of rotatable bonds is 6. The molecule has 0 radical (unpaired) electrons. The Kier molecular flexibility index (Phi) is 7.10. The van der Waals surface area contributed by atoms with E-state index in [0.717, 1.165) is 37.4 Å². The zero-order chi connectivity index (χ0) is 30.0. The molecule has 2 aromatic rings. The first kappa shape index (κ1) is 29.3. The number of amides is 1. The number of nitriles is 1. The maximum Gasteiger partial charge on any atom is 0.410 e. The van der Waals surface area contributed by atoms with E-state index < -0.39 is 5.60 Å². The van der Waals surface area contributed by atoms with Crippen LogP contribution in [0.4, 0.5) is 10.5 Å². The first-order chi connectivity index (χ1) is 19.0. The van der Waals surface area contributed by atoms with E-state index in [4.69, 9.17) is 26.3 Å². The summed E-state index contributed by atoms with van der Waals surface area (Å²) in [5.41, 5.74) is 1.46.